The van der Waals surface area contributed by atoms with Crippen molar-refractivity contribution in [3.8, 4) is 22.8 Å². The highest BCUT2D eigenvalue weighted by molar-refractivity contribution is 6.32. The van der Waals surface area contributed by atoms with Crippen LogP contribution in [0.4, 0.5) is 0 Å². The third kappa shape index (κ3) is 5.73. The number of nitrogens with one attached hydrogen (secondary N) is 1. The van der Waals surface area contributed by atoms with Gasteiger partial charge in [-0.15, -0.1) is 0 Å². The van der Waals surface area contributed by atoms with Crippen molar-refractivity contribution < 1.29 is 18.8 Å². The molecule has 1 N–H and O–H groups in total. The fourth-order valence-corrected chi connectivity index (χ4v) is 3.41. The van der Waals surface area contributed by atoms with E-state index < -0.39 is 0 Å². The maximum atomic E-state index is 12.1. The Balaban J connectivity index is 1.63. The number of halogens is 1. The number of ether oxygens (including phenoxy) is 2. The molecule has 4 rings (SSSR count). The molecule has 0 spiro atoms. The smallest absolute Gasteiger partial charge is 0.273 e. The number of rotatable bonds is 9. The van der Waals surface area contributed by atoms with E-state index >= 15 is 0 Å². The zero-order valence-electron chi connectivity index (χ0n) is 18.1. The van der Waals surface area contributed by atoms with Crippen LogP contribution in [0.5, 0.6) is 11.5 Å². The van der Waals surface area contributed by atoms with Gasteiger partial charge in [0, 0.05) is 18.7 Å². The molecule has 33 heavy (non-hydrogen) atoms. The number of nitrogens with zero attached hydrogens (tertiary/aromatic N) is 1. The molecule has 1 amide bonds. The quantitative estimate of drug-likeness (QED) is 0.335. The zero-order valence-corrected chi connectivity index (χ0v) is 18.8. The van der Waals surface area contributed by atoms with Crippen molar-refractivity contribution in [1.82, 2.24) is 10.5 Å². The molecule has 0 fully saturated rings. The van der Waals surface area contributed by atoms with E-state index in [4.69, 9.17) is 25.6 Å². The van der Waals surface area contributed by atoms with E-state index in [1.165, 1.54) is 0 Å². The minimum absolute atomic E-state index is 0.182. The highest BCUT2D eigenvalue weighted by Crippen LogP contribution is 2.39. The molecule has 0 radical (unpaired) electrons. The Labute approximate surface area is 197 Å². The summed E-state index contributed by atoms with van der Waals surface area (Å²) >= 11 is 6.53. The SMILES string of the molecule is CCNC(=O)c1cc(-c2cc(Cl)c(OCc3ccccc3)cc2OCc2ccccc2)on1. The van der Waals surface area contributed by atoms with Gasteiger partial charge >= 0.3 is 0 Å². The summed E-state index contributed by atoms with van der Waals surface area (Å²) in [6.45, 7) is 3.03. The van der Waals surface area contributed by atoms with Gasteiger partial charge in [0.15, 0.2) is 11.5 Å². The van der Waals surface area contributed by atoms with E-state index in [0.717, 1.165) is 11.1 Å². The fourth-order valence-electron chi connectivity index (χ4n) is 3.19. The number of hydrogen-bond acceptors (Lipinski definition) is 5. The van der Waals surface area contributed by atoms with Crippen LogP contribution in [0.1, 0.15) is 28.5 Å². The summed E-state index contributed by atoms with van der Waals surface area (Å²) in [4.78, 5) is 12.1. The summed E-state index contributed by atoms with van der Waals surface area (Å²) in [5.41, 5.74) is 2.78. The van der Waals surface area contributed by atoms with Gasteiger partial charge in [-0.2, -0.15) is 0 Å². The van der Waals surface area contributed by atoms with Crippen LogP contribution >= 0.6 is 11.6 Å². The molecule has 0 aliphatic heterocycles. The average Bonchev–Trinajstić information content (AvgIpc) is 3.34. The molecular formula is C26H23ClN2O4. The molecule has 1 heterocycles. The van der Waals surface area contributed by atoms with Gasteiger partial charge < -0.3 is 19.3 Å². The van der Waals surface area contributed by atoms with E-state index in [2.05, 4.69) is 10.5 Å². The van der Waals surface area contributed by atoms with E-state index in [1.807, 2.05) is 67.6 Å². The molecule has 0 atom stereocenters. The zero-order chi connectivity index (χ0) is 23.0. The highest BCUT2D eigenvalue weighted by Gasteiger charge is 2.19. The fraction of sp³-hybridized carbons (Fsp3) is 0.154. The van der Waals surface area contributed by atoms with Crippen LogP contribution in [0, 0.1) is 0 Å². The van der Waals surface area contributed by atoms with Crippen LogP contribution in [0.15, 0.2) is 83.4 Å². The predicted octanol–water partition coefficient (Wildman–Crippen LogP) is 5.90. The monoisotopic (exact) mass is 462 g/mol. The van der Waals surface area contributed by atoms with E-state index in [-0.39, 0.29) is 11.6 Å². The van der Waals surface area contributed by atoms with E-state index in [9.17, 15) is 4.79 Å². The van der Waals surface area contributed by atoms with Crippen LogP contribution in [0.3, 0.4) is 0 Å². The standard InChI is InChI=1S/C26H23ClN2O4/c1-2-28-26(30)22-14-24(33-29-22)20-13-21(27)25(32-17-19-11-7-4-8-12-19)15-23(20)31-16-18-9-5-3-6-10-18/h3-15H,2,16-17H2,1H3,(H,28,30). The minimum Gasteiger partial charge on any atom is -0.488 e. The van der Waals surface area contributed by atoms with Gasteiger partial charge in [-0.1, -0.05) is 77.4 Å². The number of amides is 1. The average molecular weight is 463 g/mol. The Hall–Kier alpha value is -3.77. The van der Waals surface area contributed by atoms with Crippen molar-refractivity contribution in [3.05, 3.63) is 101 Å². The van der Waals surface area contributed by atoms with Crippen LogP contribution in [-0.4, -0.2) is 17.6 Å². The third-order valence-electron chi connectivity index (χ3n) is 4.85. The number of carbonyl (C=O) groups excluding carboxylic acids is 1. The van der Waals surface area contributed by atoms with Crippen molar-refractivity contribution in [2.45, 2.75) is 20.1 Å². The van der Waals surface area contributed by atoms with Crippen molar-refractivity contribution in [2.24, 2.45) is 0 Å². The number of aromatic nitrogens is 1. The van der Waals surface area contributed by atoms with Gasteiger partial charge in [0.2, 0.25) is 0 Å². The normalized spacial score (nSPS) is 10.6. The molecule has 1 aromatic heterocycles. The maximum absolute atomic E-state index is 12.1. The molecule has 0 unspecified atom stereocenters. The molecule has 0 saturated carbocycles. The first-order valence-electron chi connectivity index (χ1n) is 10.6. The van der Waals surface area contributed by atoms with Gasteiger partial charge in [0.05, 0.1) is 10.6 Å². The van der Waals surface area contributed by atoms with Gasteiger partial charge in [0.1, 0.15) is 24.7 Å². The summed E-state index contributed by atoms with van der Waals surface area (Å²) in [6.07, 6.45) is 0. The van der Waals surface area contributed by atoms with Crippen LogP contribution in [0.2, 0.25) is 5.02 Å². The highest BCUT2D eigenvalue weighted by atomic mass is 35.5. The third-order valence-corrected chi connectivity index (χ3v) is 5.15. The first-order valence-corrected chi connectivity index (χ1v) is 10.9. The lowest BCUT2D eigenvalue weighted by Crippen LogP contribution is -2.22. The molecule has 4 aromatic rings. The molecule has 168 valence electrons. The predicted molar refractivity (Wildman–Crippen MR) is 127 cm³/mol. The largest absolute Gasteiger partial charge is 0.488 e. The molecule has 0 saturated heterocycles. The van der Waals surface area contributed by atoms with Crippen molar-refractivity contribution in [2.75, 3.05) is 6.54 Å². The van der Waals surface area contributed by atoms with Crippen LogP contribution in [0.25, 0.3) is 11.3 Å². The second-order valence-corrected chi connectivity index (χ2v) is 7.67. The lowest BCUT2D eigenvalue weighted by molar-refractivity contribution is 0.0947. The van der Waals surface area contributed by atoms with E-state index in [0.29, 0.717) is 47.6 Å². The maximum Gasteiger partial charge on any atom is 0.273 e. The Morgan fingerprint density at radius 2 is 1.52 bits per heavy atom. The Morgan fingerprint density at radius 1 is 0.909 bits per heavy atom. The number of benzene rings is 3. The van der Waals surface area contributed by atoms with Crippen molar-refractivity contribution in [1.29, 1.82) is 0 Å². The van der Waals surface area contributed by atoms with Gasteiger partial charge in [-0.25, -0.2) is 0 Å². The topological polar surface area (TPSA) is 73.6 Å². The second kappa shape index (κ2) is 10.7. The Bertz CT molecular complexity index is 1210. The summed E-state index contributed by atoms with van der Waals surface area (Å²) in [7, 11) is 0. The number of carbonyl (C=O) groups is 1. The molecule has 0 bridgehead atoms. The lowest BCUT2D eigenvalue weighted by atomic mass is 10.1. The van der Waals surface area contributed by atoms with Crippen molar-refractivity contribution >= 4 is 17.5 Å². The van der Waals surface area contributed by atoms with E-state index in [1.54, 1.807) is 18.2 Å². The number of hydrogen-bond donors (Lipinski definition) is 1. The summed E-state index contributed by atoms with van der Waals surface area (Å²) in [6, 6.07) is 24.6. The van der Waals surface area contributed by atoms with Crippen LogP contribution in [-0.2, 0) is 13.2 Å². The first-order chi connectivity index (χ1) is 16.1. The lowest BCUT2D eigenvalue weighted by Gasteiger charge is -2.14. The molecule has 6 nitrogen and oxygen atoms in total. The molecule has 7 heteroatoms. The second-order valence-electron chi connectivity index (χ2n) is 7.26. The Kier molecular flexibility index (Phi) is 7.27. The molecule has 0 aliphatic carbocycles. The molecule has 3 aromatic carbocycles. The summed E-state index contributed by atoms with van der Waals surface area (Å²) < 4.78 is 17.5. The first kappa shape index (κ1) is 22.4. The van der Waals surface area contributed by atoms with Crippen molar-refractivity contribution in [3.63, 3.8) is 0 Å². The summed E-state index contributed by atoms with van der Waals surface area (Å²) in [5, 5.41) is 6.98. The minimum atomic E-state index is -0.312. The Morgan fingerprint density at radius 3 is 2.12 bits per heavy atom. The van der Waals surface area contributed by atoms with Gasteiger partial charge in [-0.05, 0) is 24.1 Å². The molecule has 0 aliphatic rings. The molecular weight excluding hydrogens is 440 g/mol. The van der Waals surface area contributed by atoms with Gasteiger partial charge in [0.25, 0.3) is 5.91 Å². The summed E-state index contributed by atoms with van der Waals surface area (Å²) in [5.74, 6) is 1.05. The van der Waals surface area contributed by atoms with Crippen LogP contribution < -0.4 is 14.8 Å². The van der Waals surface area contributed by atoms with Gasteiger partial charge in [-0.3, -0.25) is 4.79 Å².